The molecule has 0 aromatic rings. The summed E-state index contributed by atoms with van der Waals surface area (Å²) < 4.78 is 0. The van der Waals surface area contributed by atoms with E-state index < -0.39 is 7.12 Å². The fraction of sp³-hybridized carbons (Fsp3) is 1.00. The van der Waals surface area contributed by atoms with E-state index in [1.807, 2.05) is 0 Å². The average Bonchev–Trinajstić information content (AvgIpc) is 2.05. The predicted octanol–water partition coefficient (Wildman–Crippen LogP) is 0.239. The van der Waals surface area contributed by atoms with Gasteiger partial charge in [-0.05, 0) is 44.6 Å². The zero-order chi connectivity index (χ0) is 8.81. The van der Waals surface area contributed by atoms with E-state index in [9.17, 15) is 0 Å². The first kappa shape index (κ1) is 10.0. The summed E-state index contributed by atoms with van der Waals surface area (Å²) >= 11 is 0. The molecule has 0 spiro atoms. The van der Waals surface area contributed by atoms with Crippen LogP contribution in [-0.4, -0.2) is 30.3 Å². The van der Waals surface area contributed by atoms with Crippen molar-refractivity contribution in [1.29, 1.82) is 0 Å². The monoisotopic (exact) mass is 171 g/mol. The van der Waals surface area contributed by atoms with E-state index in [4.69, 9.17) is 10.0 Å². The lowest BCUT2D eigenvalue weighted by Crippen LogP contribution is -2.29. The molecule has 0 bridgehead atoms. The Labute approximate surface area is 74.3 Å². The van der Waals surface area contributed by atoms with Gasteiger partial charge in [0.2, 0.25) is 0 Å². The van der Waals surface area contributed by atoms with Gasteiger partial charge in [-0.15, -0.1) is 0 Å². The fourth-order valence-corrected chi connectivity index (χ4v) is 1.76. The van der Waals surface area contributed by atoms with E-state index in [0.717, 1.165) is 31.8 Å². The van der Waals surface area contributed by atoms with Gasteiger partial charge in [-0.3, -0.25) is 0 Å². The van der Waals surface area contributed by atoms with Gasteiger partial charge < -0.3 is 15.4 Å². The zero-order valence-electron chi connectivity index (χ0n) is 7.50. The van der Waals surface area contributed by atoms with Gasteiger partial charge in [-0.2, -0.15) is 0 Å². The van der Waals surface area contributed by atoms with Crippen molar-refractivity contribution in [3.63, 3.8) is 0 Å². The van der Waals surface area contributed by atoms with Crippen LogP contribution in [-0.2, 0) is 0 Å². The maximum absolute atomic E-state index is 8.62. The minimum absolute atomic E-state index is 0.524. The number of nitrogens with one attached hydrogen (secondary N) is 1. The van der Waals surface area contributed by atoms with Crippen LogP contribution in [0.4, 0.5) is 0 Å². The Bertz CT molecular complexity index is 116. The van der Waals surface area contributed by atoms with E-state index in [1.54, 1.807) is 0 Å². The van der Waals surface area contributed by atoms with Crippen molar-refractivity contribution >= 4 is 7.12 Å². The van der Waals surface area contributed by atoms with Crippen LogP contribution in [0.5, 0.6) is 0 Å². The van der Waals surface area contributed by atoms with Gasteiger partial charge in [0.1, 0.15) is 0 Å². The van der Waals surface area contributed by atoms with Crippen LogP contribution < -0.4 is 5.32 Å². The Morgan fingerprint density at radius 2 is 2.25 bits per heavy atom. The summed E-state index contributed by atoms with van der Waals surface area (Å²) in [5.74, 6) is 0.762. The van der Waals surface area contributed by atoms with E-state index in [-0.39, 0.29) is 0 Å². The minimum atomic E-state index is -1.11. The Kier molecular flexibility index (Phi) is 4.65. The van der Waals surface area contributed by atoms with E-state index >= 15 is 0 Å². The number of rotatable bonds is 4. The van der Waals surface area contributed by atoms with Crippen LogP contribution in [0, 0.1) is 5.92 Å². The van der Waals surface area contributed by atoms with Crippen LogP contribution in [0.2, 0.25) is 6.32 Å². The first-order valence-electron chi connectivity index (χ1n) is 4.86. The second kappa shape index (κ2) is 5.57. The molecule has 1 saturated heterocycles. The highest BCUT2D eigenvalue weighted by atomic mass is 16.4. The maximum Gasteiger partial charge on any atom is 0.451 e. The molecule has 1 heterocycles. The minimum Gasteiger partial charge on any atom is -0.427 e. The number of hydrogen-bond acceptors (Lipinski definition) is 3. The van der Waals surface area contributed by atoms with Gasteiger partial charge >= 0.3 is 7.12 Å². The first-order valence-corrected chi connectivity index (χ1v) is 4.86. The summed E-state index contributed by atoms with van der Waals surface area (Å²) in [5, 5.41) is 20.6. The quantitative estimate of drug-likeness (QED) is 0.531. The van der Waals surface area contributed by atoms with Crippen LogP contribution in [0.1, 0.15) is 25.7 Å². The topological polar surface area (TPSA) is 52.5 Å². The lowest BCUT2D eigenvalue weighted by Gasteiger charge is -2.22. The molecule has 4 heteroatoms. The maximum atomic E-state index is 8.62. The summed E-state index contributed by atoms with van der Waals surface area (Å²) in [4.78, 5) is 0. The van der Waals surface area contributed by atoms with Crippen LogP contribution >= 0.6 is 0 Å². The van der Waals surface area contributed by atoms with Crippen molar-refractivity contribution in [1.82, 2.24) is 5.32 Å². The molecule has 1 rings (SSSR count). The highest BCUT2D eigenvalue weighted by Gasteiger charge is 2.13. The molecule has 3 nitrogen and oxygen atoms in total. The van der Waals surface area contributed by atoms with Crippen LogP contribution in [0.15, 0.2) is 0 Å². The molecular formula is C8H18BNO2. The van der Waals surface area contributed by atoms with Gasteiger partial charge in [0.15, 0.2) is 0 Å². The van der Waals surface area contributed by atoms with Crippen molar-refractivity contribution in [2.75, 3.05) is 13.1 Å². The van der Waals surface area contributed by atoms with E-state index in [1.165, 1.54) is 12.8 Å². The summed E-state index contributed by atoms with van der Waals surface area (Å²) in [6.45, 7) is 2.26. The van der Waals surface area contributed by atoms with Gasteiger partial charge in [-0.1, -0.05) is 6.42 Å². The summed E-state index contributed by atoms with van der Waals surface area (Å²) in [5.41, 5.74) is 0. The molecule has 1 aliphatic rings. The van der Waals surface area contributed by atoms with Crippen molar-refractivity contribution < 1.29 is 10.0 Å². The molecule has 0 unspecified atom stereocenters. The lowest BCUT2D eigenvalue weighted by atomic mass is 9.81. The Hall–Kier alpha value is -0.0551. The van der Waals surface area contributed by atoms with Gasteiger partial charge in [-0.25, -0.2) is 0 Å². The first-order chi connectivity index (χ1) is 5.79. The standard InChI is InChI=1S/C8H18BNO2/c11-9(12)5-1-3-8-4-2-6-10-7-8/h8,10-12H,1-7H2/t8-/m0/s1. The van der Waals surface area contributed by atoms with Crippen molar-refractivity contribution in [2.24, 2.45) is 5.92 Å². The number of piperidine rings is 1. The third-order valence-corrected chi connectivity index (χ3v) is 2.47. The molecular weight excluding hydrogens is 153 g/mol. The average molecular weight is 171 g/mol. The highest BCUT2D eigenvalue weighted by Crippen LogP contribution is 2.17. The van der Waals surface area contributed by atoms with Crippen molar-refractivity contribution in [3.05, 3.63) is 0 Å². The van der Waals surface area contributed by atoms with Crippen molar-refractivity contribution in [2.45, 2.75) is 32.0 Å². The van der Waals surface area contributed by atoms with E-state index in [0.29, 0.717) is 6.32 Å². The Balaban J connectivity index is 1.98. The Morgan fingerprint density at radius 3 is 2.83 bits per heavy atom. The van der Waals surface area contributed by atoms with Crippen LogP contribution in [0.25, 0.3) is 0 Å². The SMILES string of the molecule is OB(O)CCC[C@H]1CCCNC1. The van der Waals surface area contributed by atoms with Crippen LogP contribution in [0.3, 0.4) is 0 Å². The fourth-order valence-electron chi connectivity index (χ4n) is 1.76. The van der Waals surface area contributed by atoms with E-state index in [2.05, 4.69) is 5.32 Å². The highest BCUT2D eigenvalue weighted by molar-refractivity contribution is 6.40. The van der Waals surface area contributed by atoms with Crippen molar-refractivity contribution in [3.8, 4) is 0 Å². The molecule has 1 aliphatic heterocycles. The Morgan fingerprint density at radius 1 is 1.42 bits per heavy atom. The zero-order valence-corrected chi connectivity index (χ0v) is 7.50. The number of hydrogen-bond donors (Lipinski definition) is 3. The molecule has 70 valence electrons. The summed E-state index contributed by atoms with van der Waals surface area (Å²) in [6.07, 6.45) is 5.16. The molecule has 0 amide bonds. The molecule has 0 radical (unpaired) electrons. The normalized spacial score (nSPS) is 24.0. The predicted molar refractivity (Wildman–Crippen MR) is 49.8 cm³/mol. The lowest BCUT2D eigenvalue weighted by molar-refractivity contribution is 0.347. The summed E-state index contributed by atoms with van der Waals surface area (Å²) in [6, 6.07) is 0. The third-order valence-electron chi connectivity index (χ3n) is 2.47. The third kappa shape index (κ3) is 4.09. The molecule has 12 heavy (non-hydrogen) atoms. The molecule has 1 fully saturated rings. The molecule has 0 saturated carbocycles. The van der Waals surface area contributed by atoms with Gasteiger partial charge in [0.05, 0.1) is 0 Å². The second-order valence-corrected chi connectivity index (χ2v) is 3.62. The second-order valence-electron chi connectivity index (χ2n) is 3.62. The van der Waals surface area contributed by atoms with Gasteiger partial charge in [0, 0.05) is 0 Å². The molecule has 3 N–H and O–H groups in total. The molecule has 0 aromatic carbocycles. The van der Waals surface area contributed by atoms with Gasteiger partial charge in [0.25, 0.3) is 0 Å². The molecule has 0 aliphatic carbocycles. The summed E-state index contributed by atoms with van der Waals surface area (Å²) in [7, 11) is -1.11. The largest absolute Gasteiger partial charge is 0.451 e. The molecule has 0 aromatic heterocycles. The molecule has 1 atom stereocenters. The smallest absolute Gasteiger partial charge is 0.427 e.